The zero-order chi connectivity index (χ0) is 45.7. The third kappa shape index (κ3) is 6.29. The lowest BCUT2D eigenvalue weighted by Crippen LogP contribution is -2.24. The van der Waals surface area contributed by atoms with Crippen LogP contribution in [0.25, 0.3) is 100 Å². The maximum atomic E-state index is 5.63. The summed E-state index contributed by atoms with van der Waals surface area (Å²) in [5, 5.41) is 3.50. The van der Waals surface area contributed by atoms with E-state index in [0.717, 1.165) is 55.6 Å². The third-order valence-electron chi connectivity index (χ3n) is 15.4. The Hall–Kier alpha value is -8.01. The van der Waals surface area contributed by atoms with Gasteiger partial charge < -0.3 is 0 Å². The van der Waals surface area contributed by atoms with Gasteiger partial charge >= 0.3 is 0 Å². The molecule has 0 radical (unpaired) electrons. The fraction of sp³-hybridized carbons (Fsp3) is 0.123. The topological polar surface area (TPSA) is 38.7 Å². The fourth-order valence-corrected chi connectivity index (χ4v) is 11.8. The van der Waals surface area contributed by atoms with Gasteiger partial charge in [0.25, 0.3) is 0 Å². The van der Waals surface area contributed by atoms with E-state index in [2.05, 4.69) is 216 Å². The summed E-state index contributed by atoms with van der Waals surface area (Å²) in [4.78, 5) is 15.8. The number of hydrogen-bond donors (Lipinski definition) is 0. The number of rotatable bonds is 6. The summed E-state index contributed by atoms with van der Waals surface area (Å²) in [7, 11) is 0. The summed E-state index contributed by atoms with van der Waals surface area (Å²) in [6.07, 6.45) is 9.25. The molecule has 0 N–H and O–H groups in total. The van der Waals surface area contributed by atoms with Gasteiger partial charge in [-0.15, -0.1) is 0 Å². The Morgan fingerprint density at radius 1 is 0.368 bits per heavy atom. The van der Waals surface area contributed by atoms with Gasteiger partial charge in [0.05, 0.1) is 22.6 Å². The Bertz CT molecular complexity index is 3670. The molecule has 2 heterocycles. The van der Waals surface area contributed by atoms with Crippen molar-refractivity contribution in [1.82, 2.24) is 15.0 Å². The Balaban J connectivity index is 0.994. The van der Waals surface area contributed by atoms with Crippen LogP contribution in [-0.4, -0.2) is 15.0 Å². The highest BCUT2D eigenvalue weighted by molar-refractivity contribution is 6.16. The molecule has 0 saturated heterocycles. The van der Waals surface area contributed by atoms with Crippen LogP contribution in [0.3, 0.4) is 0 Å². The Morgan fingerprint density at radius 2 is 0.912 bits per heavy atom. The van der Waals surface area contributed by atoms with E-state index in [1.807, 2.05) is 24.3 Å². The normalized spacial score (nSPS) is 16.9. The van der Waals surface area contributed by atoms with Crippen LogP contribution in [0.4, 0.5) is 0 Å². The number of allylic oxidation sites excluding steroid dienone is 4. The van der Waals surface area contributed by atoms with E-state index in [-0.39, 0.29) is 10.8 Å². The second-order valence-corrected chi connectivity index (χ2v) is 20.0. The summed E-state index contributed by atoms with van der Waals surface area (Å²) in [6, 6.07) is 68.4. The van der Waals surface area contributed by atoms with Gasteiger partial charge in [0.15, 0.2) is 5.82 Å². The van der Waals surface area contributed by atoms with Crippen molar-refractivity contribution in [3.63, 3.8) is 0 Å². The fourth-order valence-electron chi connectivity index (χ4n) is 11.8. The van der Waals surface area contributed by atoms with Crippen LogP contribution in [-0.2, 0) is 10.8 Å². The van der Waals surface area contributed by atoms with Crippen molar-refractivity contribution in [2.24, 2.45) is 5.92 Å². The summed E-state index contributed by atoms with van der Waals surface area (Å²) in [5.74, 6) is 1.56. The van der Waals surface area contributed by atoms with Crippen LogP contribution in [0.1, 0.15) is 55.9 Å². The van der Waals surface area contributed by atoms with Gasteiger partial charge in [0.1, 0.15) is 0 Å². The monoisotopic (exact) mass is 871 g/mol. The molecule has 324 valence electrons. The first kappa shape index (κ1) is 40.3. The average Bonchev–Trinajstić information content (AvgIpc) is 3.77. The molecule has 0 saturated carbocycles. The molecule has 10 aromatic rings. The minimum Gasteiger partial charge on any atom is -0.247 e. The highest BCUT2D eigenvalue weighted by Gasteiger charge is 2.44. The number of aromatic nitrogens is 3. The summed E-state index contributed by atoms with van der Waals surface area (Å²) < 4.78 is 0. The van der Waals surface area contributed by atoms with Crippen LogP contribution in [0.15, 0.2) is 212 Å². The molecule has 0 spiro atoms. The van der Waals surface area contributed by atoms with E-state index in [0.29, 0.717) is 17.7 Å². The molecule has 0 bridgehead atoms. The minimum atomic E-state index is -0.137. The first-order chi connectivity index (χ1) is 33.2. The van der Waals surface area contributed by atoms with Gasteiger partial charge in [-0.25, -0.2) is 15.0 Å². The summed E-state index contributed by atoms with van der Waals surface area (Å²) >= 11 is 0. The van der Waals surface area contributed by atoms with Crippen LogP contribution < -0.4 is 0 Å². The highest BCUT2D eigenvalue weighted by Crippen LogP contribution is 2.54. The quantitative estimate of drug-likeness (QED) is 0.156. The first-order valence-corrected chi connectivity index (χ1v) is 23.9. The SMILES string of the molecule is CC1(C)c2ccccc2-c2ccc(-c3cc(-c4ccc(-c5cc(-c6ccccc6)nc(-c6ccccc6)n5)cc4)nc4c3cc(-c3ccc5c(c3)C(C)(C)C3C=CC=CC53)c3ccccc34)cc21. The van der Waals surface area contributed by atoms with E-state index < -0.39 is 0 Å². The largest absolute Gasteiger partial charge is 0.247 e. The van der Waals surface area contributed by atoms with Crippen molar-refractivity contribution in [2.75, 3.05) is 0 Å². The molecule has 13 rings (SSSR count). The molecule has 0 aliphatic heterocycles. The smallest absolute Gasteiger partial charge is 0.160 e. The maximum Gasteiger partial charge on any atom is 0.160 e. The zero-order valence-corrected chi connectivity index (χ0v) is 38.7. The standard InChI is InChI=1S/C65H49N3/c1-64(2)55-25-15-13-22-47(55)49-33-31-44(35-57(49)64)52-37-54-53(45-32-34-50-48-23-14-16-26-56(48)65(3,4)58(50)36-45)38-59(66-62(54)51-24-12-11-21-46(51)52)41-27-29-42(30-28-41)61-39-60(40-17-7-5-8-18-40)67-63(68-61)43-19-9-6-10-20-43/h5-39,47,55H,1-4H3. The van der Waals surface area contributed by atoms with Gasteiger partial charge in [0.2, 0.25) is 0 Å². The molecule has 0 fully saturated rings. The lowest BCUT2D eigenvalue weighted by atomic mass is 9.74. The zero-order valence-electron chi connectivity index (χ0n) is 38.7. The molecular weight excluding hydrogens is 823 g/mol. The molecule has 3 aliphatic carbocycles. The van der Waals surface area contributed by atoms with Crippen molar-refractivity contribution in [3.05, 3.63) is 235 Å². The molecule has 2 atom stereocenters. The van der Waals surface area contributed by atoms with Crippen molar-refractivity contribution < 1.29 is 0 Å². The van der Waals surface area contributed by atoms with Crippen molar-refractivity contribution in [2.45, 2.75) is 44.4 Å². The van der Waals surface area contributed by atoms with Crippen LogP contribution >= 0.6 is 0 Å². The molecule has 3 heteroatoms. The molecular formula is C65H49N3. The minimum absolute atomic E-state index is 0.0116. The molecule has 2 aromatic heterocycles. The number of benzene rings is 8. The first-order valence-electron chi connectivity index (χ1n) is 23.9. The number of fused-ring (bicyclic) bond motifs is 9. The average molecular weight is 872 g/mol. The third-order valence-corrected chi connectivity index (χ3v) is 15.4. The van der Waals surface area contributed by atoms with Gasteiger partial charge in [0, 0.05) is 44.4 Å². The Kier molecular flexibility index (Phi) is 9.04. The highest BCUT2D eigenvalue weighted by atomic mass is 14.9. The molecule has 3 nitrogen and oxygen atoms in total. The lowest BCUT2D eigenvalue weighted by Gasteiger charge is -2.29. The van der Waals surface area contributed by atoms with E-state index in [1.54, 1.807) is 0 Å². The van der Waals surface area contributed by atoms with Gasteiger partial charge in [-0.05, 0) is 96.6 Å². The Morgan fingerprint density at radius 3 is 1.65 bits per heavy atom. The predicted molar refractivity (Wildman–Crippen MR) is 283 cm³/mol. The lowest BCUT2D eigenvalue weighted by molar-refractivity contribution is 0.394. The van der Waals surface area contributed by atoms with Crippen molar-refractivity contribution in [1.29, 1.82) is 0 Å². The van der Waals surface area contributed by atoms with Crippen LogP contribution in [0, 0.1) is 5.92 Å². The molecule has 3 aliphatic rings. The van der Waals surface area contributed by atoms with E-state index in [9.17, 15) is 0 Å². The molecule has 2 unspecified atom stereocenters. The number of hydrogen-bond acceptors (Lipinski definition) is 3. The molecule has 68 heavy (non-hydrogen) atoms. The van der Waals surface area contributed by atoms with Gasteiger partial charge in [-0.3, -0.25) is 0 Å². The second-order valence-electron chi connectivity index (χ2n) is 20.0. The predicted octanol–water partition coefficient (Wildman–Crippen LogP) is 16.6. The number of pyridine rings is 1. The van der Waals surface area contributed by atoms with Crippen LogP contribution in [0.2, 0.25) is 0 Å². The summed E-state index contributed by atoms with van der Waals surface area (Å²) in [6.45, 7) is 9.57. The second kappa shape index (κ2) is 15.3. The Labute approximate surface area is 398 Å². The van der Waals surface area contributed by atoms with Crippen LogP contribution in [0.5, 0.6) is 0 Å². The molecule has 0 amide bonds. The summed E-state index contributed by atoms with van der Waals surface area (Å²) in [5.41, 5.74) is 20.8. The van der Waals surface area contributed by atoms with E-state index >= 15 is 0 Å². The van der Waals surface area contributed by atoms with Gasteiger partial charge in [-0.1, -0.05) is 216 Å². The maximum absolute atomic E-state index is 5.63. The van der Waals surface area contributed by atoms with Crippen molar-refractivity contribution in [3.8, 4) is 78.5 Å². The van der Waals surface area contributed by atoms with E-state index in [1.165, 1.54) is 61.0 Å². The molecule has 8 aromatic carbocycles. The number of nitrogens with zero attached hydrogens (tertiary/aromatic N) is 3. The van der Waals surface area contributed by atoms with E-state index in [4.69, 9.17) is 15.0 Å². The van der Waals surface area contributed by atoms with Crippen molar-refractivity contribution >= 4 is 21.7 Å². The van der Waals surface area contributed by atoms with Gasteiger partial charge in [-0.2, -0.15) is 0 Å².